The van der Waals surface area contributed by atoms with Gasteiger partial charge in [0.2, 0.25) is 0 Å². The van der Waals surface area contributed by atoms with Crippen molar-refractivity contribution in [3.63, 3.8) is 0 Å². The first kappa shape index (κ1) is 13.0. The first-order chi connectivity index (χ1) is 7.29. The molecule has 0 aliphatic rings. The van der Waals surface area contributed by atoms with Gasteiger partial charge in [-0.25, -0.2) is 0 Å². The molecule has 0 unspecified atom stereocenters. The lowest BCUT2D eigenvalue weighted by atomic mass is 10.2. The molecule has 0 fully saturated rings. The summed E-state index contributed by atoms with van der Waals surface area (Å²) in [4.78, 5) is 0. The maximum absolute atomic E-state index is 11.7. The van der Waals surface area contributed by atoms with Gasteiger partial charge in [-0.2, -0.15) is 12.6 Å². The maximum Gasteiger partial charge on any atom is 0.537 e. The largest absolute Gasteiger partial charge is 0.537 e. The SMILES string of the molecule is O=S(=O)(CCc1ccccc1)OC(F)(F)F. The predicted molar refractivity (Wildman–Crippen MR) is 51.1 cm³/mol. The van der Waals surface area contributed by atoms with Crippen molar-refractivity contribution in [3.05, 3.63) is 35.9 Å². The van der Waals surface area contributed by atoms with Crippen molar-refractivity contribution in [2.45, 2.75) is 12.8 Å². The van der Waals surface area contributed by atoms with E-state index >= 15 is 0 Å². The van der Waals surface area contributed by atoms with Crippen molar-refractivity contribution in [1.29, 1.82) is 0 Å². The minimum Gasteiger partial charge on any atom is -0.199 e. The van der Waals surface area contributed by atoms with Crippen LogP contribution in [0.2, 0.25) is 0 Å². The van der Waals surface area contributed by atoms with E-state index < -0.39 is 22.2 Å². The van der Waals surface area contributed by atoms with Crippen LogP contribution in [0.25, 0.3) is 0 Å². The summed E-state index contributed by atoms with van der Waals surface area (Å²) < 4.78 is 59.8. The molecule has 1 aromatic carbocycles. The highest BCUT2D eigenvalue weighted by atomic mass is 32.2. The van der Waals surface area contributed by atoms with Gasteiger partial charge in [-0.3, -0.25) is 0 Å². The quantitative estimate of drug-likeness (QED) is 0.773. The zero-order valence-corrected chi connectivity index (χ0v) is 8.88. The zero-order chi connectivity index (χ0) is 12.2. The highest BCUT2D eigenvalue weighted by Gasteiger charge is 2.36. The Hall–Kier alpha value is -1.08. The van der Waals surface area contributed by atoms with Crippen LogP contribution >= 0.6 is 0 Å². The number of hydrogen-bond acceptors (Lipinski definition) is 3. The Morgan fingerprint density at radius 1 is 1.12 bits per heavy atom. The van der Waals surface area contributed by atoms with E-state index in [1.807, 2.05) is 0 Å². The molecular formula is C9H9F3O3S. The smallest absolute Gasteiger partial charge is 0.199 e. The minimum atomic E-state index is -5.16. The molecule has 0 aliphatic heterocycles. The van der Waals surface area contributed by atoms with Gasteiger partial charge in [0.1, 0.15) is 0 Å². The van der Waals surface area contributed by atoms with Gasteiger partial charge >= 0.3 is 6.36 Å². The van der Waals surface area contributed by atoms with Crippen molar-refractivity contribution >= 4 is 10.1 Å². The molecule has 0 spiro atoms. The van der Waals surface area contributed by atoms with Crippen LogP contribution in [0.5, 0.6) is 0 Å². The fraction of sp³-hybridized carbons (Fsp3) is 0.333. The Bertz CT molecular complexity index is 425. The molecule has 16 heavy (non-hydrogen) atoms. The lowest BCUT2D eigenvalue weighted by Gasteiger charge is -2.07. The maximum atomic E-state index is 11.7. The number of benzene rings is 1. The predicted octanol–water partition coefficient (Wildman–Crippen LogP) is 2.10. The van der Waals surface area contributed by atoms with Gasteiger partial charge in [0, 0.05) is 0 Å². The summed E-state index contributed by atoms with van der Waals surface area (Å²) in [6.45, 7) is 0. The number of halogens is 3. The lowest BCUT2D eigenvalue weighted by Crippen LogP contribution is -2.22. The third kappa shape index (κ3) is 5.13. The standard InChI is InChI=1S/C9H9F3O3S/c10-9(11,12)15-16(13,14)7-6-8-4-2-1-3-5-8/h1-5H,6-7H2. The average Bonchev–Trinajstić information content (AvgIpc) is 2.13. The van der Waals surface area contributed by atoms with E-state index in [0.717, 1.165) is 0 Å². The summed E-state index contributed by atoms with van der Waals surface area (Å²) in [5.41, 5.74) is 0.636. The summed E-state index contributed by atoms with van der Waals surface area (Å²) >= 11 is 0. The summed E-state index contributed by atoms with van der Waals surface area (Å²) in [6.07, 6.45) is -5.17. The third-order valence-electron chi connectivity index (χ3n) is 1.71. The minimum absolute atomic E-state index is 0.0146. The molecule has 0 saturated heterocycles. The van der Waals surface area contributed by atoms with Crippen LogP contribution in [0.15, 0.2) is 30.3 Å². The van der Waals surface area contributed by atoms with E-state index in [-0.39, 0.29) is 6.42 Å². The van der Waals surface area contributed by atoms with E-state index in [2.05, 4.69) is 4.18 Å². The zero-order valence-electron chi connectivity index (χ0n) is 8.07. The second-order valence-electron chi connectivity index (χ2n) is 3.03. The first-order valence-corrected chi connectivity index (χ1v) is 5.90. The summed E-state index contributed by atoms with van der Waals surface area (Å²) in [5.74, 6) is -0.698. The number of rotatable bonds is 4. The van der Waals surface area contributed by atoms with Gasteiger partial charge in [-0.15, -0.1) is 13.2 Å². The first-order valence-electron chi connectivity index (χ1n) is 4.32. The van der Waals surface area contributed by atoms with Crippen LogP contribution in [0.3, 0.4) is 0 Å². The van der Waals surface area contributed by atoms with E-state index in [9.17, 15) is 21.6 Å². The molecule has 0 saturated carbocycles. The van der Waals surface area contributed by atoms with Crippen molar-refractivity contribution in [2.75, 3.05) is 5.75 Å². The van der Waals surface area contributed by atoms with E-state index in [4.69, 9.17) is 0 Å². The molecule has 1 rings (SSSR count). The van der Waals surface area contributed by atoms with Gasteiger partial charge in [0.25, 0.3) is 10.1 Å². The van der Waals surface area contributed by atoms with Crippen LogP contribution in [0.1, 0.15) is 5.56 Å². The molecule has 90 valence electrons. The molecule has 0 amide bonds. The van der Waals surface area contributed by atoms with Gasteiger partial charge in [0.15, 0.2) is 0 Å². The average molecular weight is 254 g/mol. The molecule has 7 heteroatoms. The summed E-state index contributed by atoms with van der Waals surface area (Å²) in [7, 11) is -4.56. The number of hydrogen-bond donors (Lipinski definition) is 0. The van der Waals surface area contributed by atoms with Crippen LogP contribution in [-0.4, -0.2) is 20.5 Å². The van der Waals surface area contributed by atoms with E-state index in [0.29, 0.717) is 5.56 Å². The van der Waals surface area contributed by atoms with Crippen LogP contribution in [0, 0.1) is 0 Å². The fourth-order valence-electron chi connectivity index (χ4n) is 1.07. The van der Waals surface area contributed by atoms with E-state index in [1.165, 1.54) is 0 Å². The Morgan fingerprint density at radius 2 is 1.69 bits per heavy atom. The van der Waals surface area contributed by atoms with Crippen molar-refractivity contribution < 1.29 is 25.8 Å². The molecule has 0 bridgehead atoms. The fourth-order valence-corrected chi connectivity index (χ4v) is 1.93. The van der Waals surface area contributed by atoms with Crippen LogP contribution in [0.4, 0.5) is 13.2 Å². The normalized spacial score (nSPS) is 12.7. The van der Waals surface area contributed by atoms with Gasteiger partial charge < -0.3 is 0 Å². The van der Waals surface area contributed by atoms with Gasteiger partial charge in [-0.05, 0) is 12.0 Å². The van der Waals surface area contributed by atoms with Gasteiger partial charge in [0.05, 0.1) is 5.75 Å². The molecule has 0 aliphatic carbocycles. The summed E-state index contributed by atoms with van der Waals surface area (Å²) in [5, 5.41) is 0. The molecule has 1 aromatic rings. The lowest BCUT2D eigenvalue weighted by molar-refractivity contribution is -0.271. The third-order valence-corrected chi connectivity index (χ3v) is 2.85. The van der Waals surface area contributed by atoms with Gasteiger partial charge in [-0.1, -0.05) is 30.3 Å². The number of aryl methyl sites for hydroxylation is 1. The molecule has 0 aromatic heterocycles. The summed E-state index contributed by atoms with van der Waals surface area (Å²) in [6, 6.07) is 8.33. The molecule has 0 N–H and O–H groups in total. The monoisotopic (exact) mass is 254 g/mol. The Balaban J connectivity index is 2.56. The number of alkyl halides is 3. The highest BCUT2D eigenvalue weighted by Crippen LogP contribution is 2.20. The highest BCUT2D eigenvalue weighted by molar-refractivity contribution is 7.86. The Kier molecular flexibility index (Phi) is 3.93. The van der Waals surface area contributed by atoms with Crippen molar-refractivity contribution in [2.24, 2.45) is 0 Å². The molecule has 0 heterocycles. The second-order valence-corrected chi connectivity index (χ2v) is 4.72. The van der Waals surface area contributed by atoms with Crippen LogP contribution < -0.4 is 0 Å². The van der Waals surface area contributed by atoms with Crippen molar-refractivity contribution in [3.8, 4) is 0 Å². The molecule has 3 nitrogen and oxygen atoms in total. The Morgan fingerprint density at radius 3 is 2.19 bits per heavy atom. The molecule has 0 atom stereocenters. The van der Waals surface area contributed by atoms with Crippen LogP contribution in [-0.2, 0) is 20.7 Å². The van der Waals surface area contributed by atoms with Crippen molar-refractivity contribution in [1.82, 2.24) is 0 Å². The molecular weight excluding hydrogens is 245 g/mol. The topological polar surface area (TPSA) is 43.4 Å². The van der Waals surface area contributed by atoms with E-state index in [1.54, 1.807) is 30.3 Å². The second kappa shape index (κ2) is 4.84. The molecule has 0 radical (unpaired) electrons. The Labute approximate surface area is 91.0 Å².